The normalized spacial score (nSPS) is 15.0. The molecule has 2 aromatic rings. The third kappa shape index (κ3) is 3.93. The van der Waals surface area contributed by atoms with Gasteiger partial charge >= 0.3 is 0 Å². The SMILES string of the molecule is C=CC(=O)N1CCC(C(=O)Nc2nc(-c3ccccc3F)cs2)CC1. The lowest BCUT2D eigenvalue weighted by Gasteiger charge is -2.30. The highest BCUT2D eigenvalue weighted by atomic mass is 32.1. The predicted octanol–water partition coefficient (Wildman–Crippen LogP) is 3.31. The minimum Gasteiger partial charge on any atom is -0.339 e. The van der Waals surface area contributed by atoms with Crippen LogP contribution >= 0.6 is 11.3 Å². The molecular formula is C18H18FN3O2S. The van der Waals surface area contributed by atoms with Crippen molar-refractivity contribution in [2.45, 2.75) is 12.8 Å². The van der Waals surface area contributed by atoms with Crippen LogP contribution in [0, 0.1) is 11.7 Å². The summed E-state index contributed by atoms with van der Waals surface area (Å²) in [6.45, 7) is 4.56. The first-order valence-corrected chi connectivity index (χ1v) is 8.89. The van der Waals surface area contributed by atoms with Crippen molar-refractivity contribution < 1.29 is 14.0 Å². The van der Waals surface area contributed by atoms with Gasteiger partial charge in [-0.15, -0.1) is 11.3 Å². The van der Waals surface area contributed by atoms with E-state index in [1.54, 1.807) is 28.5 Å². The Labute approximate surface area is 149 Å². The first kappa shape index (κ1) is 17.3. The van der Waals surface area contributed by atoms with E-state index in [9.17, 15) is 14.0 Å². The summed E-state index contributed by atoms with van der Waals surface area (Å²) in [7, 11) is 0. The van der Waals surface area contributed by atoms with Crippen LogP contribution in [0.5, 0.6) is 0 Å². The molecule has 0 aliphatic carbocycles. The van der Waals surface area contributed by atoms with Gasteiger partial charge in [0.25, 0.3) is 0 Å². The highest BCUT2D eigenvalue weighted by Gasteiger charge is 2.27. The maximum Gasteiger partial charge on any atom is 0.245 e. The molecule has 1 aromatic heterocycles. The van der Waals surface area contributed by atoms with Gasteiger partial charge in [-0.1, -0.05) is 18.7 Å². The first-order valence-electron chi connectivity index (χ1n) is 8.01. The van der Waals surface area contributed by atoms with Gasteiger partial charge in [-0.05, 0) is 31.1 Å². The maximum absolute atomic E-state index is 13.8. The topological polar surface area (TPSA) is 62.3 Å². The van der Waals surface area contributed by atoms with Crippen molar-refractivity contribution in [3.8, 4) is 11.3 Å². The van der Waals surface area contributed by atoms with Crippen molar-refractivity contribution in [2.24, 2.45) is 5.92 Å². The molecule has 0 saturated carbocycles. The Kier molecular flexibility index (Phi) is 5.23. The van der Waals surface area contributed by atoms with Gasteiger partial charge in [-0.3, -0.25) is 9.59 Å². The minimum absolute atomic E-state index is 0.103. The van der Waals surface area contributed by atoms with Gasteiger partial charge in [-0.2, -0.15) is 0 Å². The van der Waals surface area contributed by atoms with Crippen LogP contribution in [0.2, 0.25) is 0 Å². The smallest absolute Gasteiger partial charge is 0.245 e. The number of anilines is 1. The molecule has 7 heteroatoms. The Morgan fingerprint density at radius 2 is 2.04 bits per heavy atom. The molecule has 1 saturated heterocycles. The number of piperidine rings is 1. The molecule has 25 heavy (non-hydrogen) atoms. The van der Waals surface area contributed by atoms with Crippen LogP contribution in [-0.2, 0) is 9.59 Å². The van der Waals surface area contributed by atoms with E-state index in [4.69, 9.17) is 0 Å². The summed E-state index contributed by atoms with van der Waals surface area (Å²) in [4.78, 5) is 29.9. The molecule has 130 valence electrons. The standard InChI is InChI=1S/C18H18FN3O2S/c1-2-16(23)22-9-7-12(8-10-22)17(24)21-18-20-15(11-25-18)13-5-3-4-6-14(13)19/h2-6,11-12H,1,7-10H2,(H,20,21,24). The molecule has 2 heterocycles. The average molecular weight is 359 g/mol. The van der Waals surface area contributed by atoms with Crippen LogP contribution in [0.1, 0.15) is 12.8 Å². The zero-order chi connectivity index (χ0) is 17.8. The molecular weight excluding hydrogens is 341 g/mol. The van der Waals surface area contributed by atoms with Crippen LogP contribution in [-0.4, -0.2) is 34.8 Å². The minimum atomic E-state index is -0.343. The molecule has 0 spiro atoms. The summed E-state index contributed by atoms with van der Waals surface area (Å²) >= 11 is 1.27. The van der Waals surface area contributed by atoms with Crippen molar-refractivity contribution in [1.29, 1.82) is 0 Å². The number of likely N-dealkylation sites (tertiary alicyclic amines) is 1. The summed E-state index contributed by atoms with van der Waals surface area (Å²) in [5, 5.41) is 4.98. The zero-order valence-electron chi connectivity index (χ0n) is 13.6. The second kappa shape index (κ2) is 7.57. The second-order valence-electron chi connectivity index (χ2n) is 5.81. The molecule has 2 amide bonds. The van der Waals surface area contributed by atoms with Crippen LogP contribution < -0.4 is 5.32 Å². The lowest BCUT2D eigenvalue weighted by molar-refractivity contribution is -0.130. The lowest BCUT2D eigenvalue weighted by atomic mass is 9.96. The Bertz CT molecular complexity index is 797. The third-order valence-corrected chi connectivity index (χ3v) is 4.99. The number of thiazole rings is 1. The van der Waals surface area contributed by atoms with Gasteiger partial charge in [0, 0.05) is 30.0 Å². The second-order valence-corrected chi connectivity index (χ2v) is 6.67. The molecule has 0 unspecified atom stereocenters. The molecule has 1 aliphatic heterocycles. The number of benzene rings is 1. The summed E-state index contributed by atoms with van der Waals surface area (Å²) in [6, 6.07) is 6.40. The van der Waals surface area contributed by atoms with E-state index in [-0.39, 0.29) is 23.5 Å². The molecule has 3 rings (SSSR count). The van der Waals surface area contributed by atoms with E-state index in [1.165, 1.54) is 23.5 Å². The monoisotopic (exact) mass is 359 g/mol. The molecule has 1 N–H and O–H groups in total. The van der Waals surface area contributed by atoms with Gasteiger partial charge in [-0.25, -0.2) is 9.37 Å². The Balaban J connectivity index is 1.60. The van der Waals surface area contributed by atoms with Gasteiger partial charge in [0.1, 0.15) is 5.82 Å². The fraction of sp³-hybridized carbons (Fsp3) is 0.278. The van der Waals surface area contributed by atoms with Crippen molar-refractivity contribution in [3.63, 3.8) is 0 Å². The lowest BCUT2D eigenvalue weighted by Crippen LogP contribution is -2.40. The Morgan fingerprint density at radius 3 is 2.72 bits per heavy atom. The zero-order valence-corrected chi connectivity index (χ0v) is 14.4. The van der Waals surface area contributed by atoms with E-state index in [0.29, 0.717) is 42.3 Å². The van der Waals surface area contributed by atoms with Gasteiger partial charge in [0.15, 0.2) is 5.13 Å². The van der Waals surface area contributed by atoms with Crippen molar-refractivity contribution in [2.75, 3.05) is 18.4 Å². The molecule has 0 atom stereocenters. The van der Waals surface area contributed by atoms with Gasteiger partial charge < -0.3 is 10.2 Å². The van der Waals surface area contributed by atoms with Crippen LogP contribution in [0.25, 0.3) is 11.3 Å². The largest absolute Gasteiger partial charge is 0.339 e. The molecule has 1 aliphatic rings. The molecule has 0 bridgehead atoms. The number of hydrogen-bond donors (Lipinski definition) is 1. The predicted molar refractivity (Wildman–Crippen MR) is 95.6 cm³/mol. The Hall–Kier alpha value is -2.54. The number of amides is 2. The summed E-state index contributed by atoms with van der Waals surface area (Å²) in [6.07, 6.45) is 2.51. The number of aromatic nitrogens is 1. The van der Waals surface area contributed by atoms with Crippen molar-refractivity contribution in [3.05, 3.63) is 48.1 Å². The number of rotatable bonds is 4. The molecule has 0 radical (unpaired) electrons. The van der Waals surface area contributed by atoms with Crippen LogP contribution in [0.15, 0.2) is 42.3 Å². The quantitative estimate of drug-likeness (QED) is 0.852. The first-order chi connectivity index (χ1) is 12.1. The fourth-order valence-electron chi connectivity index (χ4n) is 2.82. The van der Waals surface area contributed by atoms with Gasteiger partial charge in [0.2, 0.25) is 11.8 Å². The van der Waals surface area contributed by atoms with E-state index >= 15 is 0 Å². The fourth-order valence-corrected chi connectivity index (χ4v) is 3.54. The summed E-state index contributed by atoms with van der Waals surface area (Å²) in [5.74, 6) is -0.715. The van der Waals surface area contributed by atoms with Crippen LogP contribution in [0.4, 0.5) is 9.52 Å². The number of carbonyl (C=O) groups is 2. The van der Waals surface area contributed by atoms with Gasteiger partial charge in [0.05, 0.1) is 5.69 Å². The molecule has 1 fully saturated rings. The van der Waals surface area contributed by atoms with Crippen molar-refractivity contribution >= 4 is 28.3 Å². The van der Waals surface area contributed by atoms with Crippen LogP contribution in [0.3, 0.4) is 0 Å². The number of carbonyl (C=O) groups excluding carboxylic acids is 2. The Morgan fingerprint density at radius 1 is 1.32 bits per heavy atom. The maximum atomic E-state index is 13.8. The number of nitrogens with one attached hydrogen (secondary N) is 1. The number of halogens is 1. The number of hydrogen-bond acceptors (Lipinski definition) is 4. The third-order valence-electron chi connectivity index (χ3n) is 4.24. The van der Waals surface area contributed by atoms with E-state index in [2.05, 4.69) is 16.9 Å². The highest BCUT2D eigenvalue weighted by Crippen LogP contribution is 2.28. The van der Waals surface area contributed by atoms with E-state index in [1.807, 2.05) is 0 Å². The summed E-state index contributed by atoms with van der Waals surface area (Å²) in [5.41, 5.74) is 0.917. The highest BCUT2D eigenvalue weighted by molar-refractivity contribution is 7.14. The summed E-state index contributed by atoms with van der Waals surface area (Å²) < 4.78 is 13.8. The van der Waals surface area contributed by atoms with E-state index in [0.717, 1.165) is 0 Å². The van der Waals surface area contributed by atoms with Crippen molar-refractivity contribution in [1.82, 2.24) is 9.88 Å². The molecule has 5 nitrogen and oxygen atoms in total. The molecule has 1 aromatic carbocycles. The average Bonchev–Trinajstić information content (AvgIpc) is 3.09. The van der Waals surface area contributed by atoms with E-state index < -0.39 is 0 Å². The number of nitrogens with zero attached hydrogens (tertiary/aromatic N) is 2.